The first-order valence-corrected chi connectivity index (χ1v) is 11.4. The third kappa shape index (κ3) is 3.35. The van der Waals surface area contributed by atoms with E-state index in [2.05, 4.69) is 38.2 Å². The maximum atomic E-state index is 14.7. The predicted molar refractivity (Wildman–Crippen MR) is 132 cm³/mol. The molecule has 1 fully saturated rings. The minimum Gasteiger partial charge on any atom is -0.346 e. The Balaban J connectivity index is 1.56. The van der Waals surface area contributed by atoms with E-state index in [1.165, 1.54) is 6.07 Å². The molecule has 1 atom stereocenters. The first-order chi connectivity index (χ1) is 16.6. The summed E-state index contributed by atoms with van der Waals surface area (Å²) in [6.07, 6.45) is 7.03. The zero-order valence-corrected chi connectivity index (χ0v) is 18.8. The lowest BCUT2D eigenvalue weighted by atomic mass is 9.95. The van der Waals surface area contributed by atoms with Crippen LogP contribution in [0.15, 0.2) is 61.1 Å². The molecule has 0 unspecified atom stereocenters. The predicted octanol–water partition coefficient (Wildman–Crippen LogP) is 5.56. The van der Waals surface area contributed by atoms with Crippen molar-refractivity contribution in [2.75, 3.05) is 13.1 Å². The van der Waals surface area contributed by atoms with Crippen molar-refractivity contribution in [3.63, 3.8) is 0 Å². The summed E-state index contributed by atoms with van der Waals surface area (Å²) in [6, 6.07) is 13.1. The van der Waals surface area contributed by atoms with Gasteiger partial charge in [0.2, 0.25) is 5.69 Å². The Kier molecular flexibility index (Phi) is 4.89. The maximum absolute atomic E-state index is 14.7. The molecule has 0 amide bonds. The molecule has 0 aliphatic carbocycles. The average molecular weight is 451 g/mol. The molecule has 1 saturated heterocycles. The summed E-state index contributed by atoms with van der Waals surface area (Å²) < 4.78 is 18.8. The summed E-state index contributed by atoms with van der Waals surface area (Å²) in [6.45, 7) is 10.2. The van der Waals surface area contributed by atoms with E-state index in [-0.39, 0.29) is 5.69 Å². The fourth-order valence-electron chi connectivity index (χ4n) is 5.04. The van der Waals surface area contributed by atoms with Crippen LogP contribution in [0.25, 0.3) is 49.0 Å². The molecule has 3 aromatic heterocycles. The molecule has 0 bridgehead atoms. The van der Waals surface area contributed by atoms with Gasteiger partial charge in [0, 0.05) is 41.7 Å². The van der Waals surface area contributed by atoms with Gasteiger partial charge in [0.1, 0.15) is 5.82 Å². The highest BCUT2D eigenvalue weighted by Gasteiger charge is 2.20. The van der Waals surface area contributed by atoms with Crippen molar-refractivity contribution in [1.29, 1.82) is 0 Å². The van der Waals surface area contributed by atoms with Crippen molar-refractivity contribution in [3.05, 3.63) is 78.3 Å². The van der Waals surface area contributed by atoms with Crippen LogP contribution in [0.2, 0.25) is 0 Å². The van der Waals surface area contributed by atoms with E-state index in [0.29, 0.717) is 11.5 Å². The number of halogens is 1. The molecular weight excluding hydrogens is 427 g/mol. The van der Waals surface area contributed by atoms with Gasteiger partial charge in [-0.05, 0) is 55.3 Å². The maximum Gasteiger partial charge on any atom is 0.222 e. The Bertz CT molecular complexity index is 1580. The molecule has 1 aliphatic rings. The first-order valence-electron chi connectivity index (χ1n) is 11.4. The number of nitrogens with zero attached hydrogens (tertiary/aromatic N) is 5. The number of aryl methyl sites for hydroxylation is 1. The lowest BCUT2D eigenvalue weighted by Crippen LogP contribution is -2.14. The van der Waals surface area contributed by atoms with Crippen molar-refractivity contribution in [3.8, 4) is 22.4 Å². The average Bonchev–Trinajstić information content (AvgIpc) is 3.60. The van der Waals surface area contributed by atoms with Gasteiger partial charge >= 0.3 is 0 Å². The first kappa shape index (κ1) is 20.6. The van der Waals surface area contributed by atoms with Gasteiger partial charge < -0.3 is 9.88 Å². The van der Waals surface area contributed by atoms with Crippen LogP contribution in [-0.2, 0) is 13.6 Å². The number of fused-ring (bicyclic) bond motifs is 2. The number of hydrogen-bond donors (Lipinski definition) is 1. The van der Waals surface area contributed by atoms with E-state index in [1.54, 1.807) is 6.07 Å². The minimum absolute atomic E-state index is 0.0218. The van der Waals surface area contributed by atoms with E-state index in [0.717, 1.165) is 64.7 Å². The molecule has 7 heteroatoms. The summed E-state index contributed by atoms with van der Waals surface area (Å²) in [5.41, 5.74) is 5.41. The van der Waals surface area contributed by atoms with Crippen LogP contribution in [0.4, 0.5) is 10.1 Å². The quantitative estimate of drug-likeness (QED) is 0.365. The smallest absolute Gasteiger partial charge is 0.222 e. The number of nitrogens with one attached hydrogen (secondary N) is 1. The summed E-state index contributed by atoms with van der Waals surface area (Å²) in [4.78, 5) is 8.19. The van der Waals surface area contributed by atoms with Crippen LogP contribution in [0.3, 0.4) is 0 Å². The lowest BCUT2D eigenvalue weighted by Gasteiger charge is -2.15. The number of benzene rings is 2. The molecule has 168 valence electrons. The van der Waals surface area contributed by atoms with Gasteiger partial charge in [0.05, 0.1) is 35.7 Å². The second-order valence-corrected chi connectivity index (χ2v) is 8.93. The third-order valence-corrected chi connectivity index (χ3v) is 6.82. The number of pyridine rings is 1. The summed E-state index contributed by atoms with van der Waals surface area (Å²) in [7, 11) is 1.92. The highest BCUT2D eigenvalue weighted by Crippen LogP contribution is 2.39. The number of hydrogen-bond acceptors (Lipinski definition) is 3. The largest absolute Gasteiger partial charge is 0.346 e. The number of rotatable bonds is 4. The van der Waals surface area contributed by atoms with Crippen molar-refractivity contribution in [2.45, 2.75) is 13.0 Å². The van der Waals surface area contributed by atoms with Gasteiger partial charge in [-0.3, -0.25) is 9.67 Å². The molecule has 1 aliphatic heterocycles. The molecule has 0 spiro atoms. The van der Waals surface area contributed by atoms with Gasteiger partial charge in [0.25, 0.3) is 0 Å². The molecule has 2 aromatic carbocycles. The van der Waals surface area contributed by atoms with Crippen LogP contribution < -0.4 is 5.32 Å². The van der Waals surface area contributed by atoms with E-state index in [1.807, 2.05) is 42.3 Å². The van der Waals surface area contributed by atoms with Crippen LogP contribution in [0, 0.1) is 18.3 Å². The fourth-order valence-corrected chi connectivity index (χ4v) is 5.04. The van der Waals surface area contributed by atoms with Crippen LogP contribution in [0.5, 0.6) is 0 Å². The van der Waals surface area contributed by atoms with Crippen molar-refractivity contribution in [2.24, 2.45) is 13.0 Å². The summed E-state index contributed by atoms with van der Waals surface area (Å²) in [5.74, 6) is 0.0664. The molecule has 5 aromatic rings. The van der Waals surface area contributed by atoms with Crippen LogP contribution in [0.1, 0.15) is 6.42 Å². The fraction of sp³-hybridized carbons (Fsp3) is 0.222. The minimum atomic E-state index is -0.519. The topological polar surface area (TPSA) is 52.0 Å². The Morgan fingerprint density at radius 2 is 2.00 bits per heavy atom. The van der Waals surface area contributed by atoms with Crippen molar-refractivity contribution in [1.82, 2.24) is 24.6 Å². The van der Waals surface area contributed by atoms with Crippen molar-refractivity contribution < 1.29 is 4.39 Å². The molecule has 1 N–H and O–H groups in total. The summed E-state index contributed by atoms with van der Waals surface area (Å²) >= 11 is 0. The lowest BCUT2D eigenvalue weighted by molar-refractivity contribution is 0.491. The number of aromatic nitrogens is 4. The van der Waals surface area contributed by atoms with Gasteiger partial charge in [0.15, 0.2) is 0 Å². The Labute approximate surface area is 196 Å². The van der Waals surface area contributed by atoms with E-state index in [9.17, 15) is 4.39 Å². The zero-order chi connectivity index (χ0) is 23.2. The molecule has 0 saturated carbocycles. The summed E-state index contributed by atoms with van der Waals surface area (Å²) in [5, 5.41) is 9.83. The van der Waals surface area contributed by atoms with Gasteiger partial charge in [-0.15, -0.1) is 0 Å². The second kappa shape index (κ2) is 8.08. The third-order valence-electron chi connectivity index (χ3n) is 6.82. The monoisotopic (exact) mass is 450 g/mol. The standard InChI is InChI=1S/C27H23FN6/c1-29-23-5-3-18(12-22(23)28)26-21-8-10-34(16-17-7-9-30-13-17)25(21)15-31-27(26)19-4-6-24-20(11-19)14-32-33(24)2/h3-6,8,10-12,14-15,17,30H,7,9,13,16H2,2H3/t17-/m0/s1. The Morgan fingerprint density at radius 1 is 1.12 bits per heavy atom. The van der Waals surface area contributed by atoms with E-state index >= 15 is 0 Å². The normalized spacial score (nSPS) is 15.9. The molecule has 0 radical (unpaired) electrons. The van der Waals surface area contributed by atoms with Crippen LogP contribution in [-0.4, -0.2) is 32.4 Å². The zero-order valence-electron chi connectivity index (χ0n) is 18.8. The second-order valence-electron chi connectivity index (χ2n) is 8.93. The van der Waals surface area contributed by atoms with E-state index in [4.69, 9.17) is 11.6 Å². The van der Waals surface area contributed by atoms with Gasteiger partial charge in [-0.25, -0.2) is 9.24 Å². The molecule has 34 heavy (non-hydrogen) atoms. The molecule has 6 nitrogen and oxygen atoms in total. The van der Waals surface area contributed by atoms with E-state index < -0.39 is 5.82 Å². The Hall–Kier alpha value is -4.02. The Morgan fingerprint density at radius 3 is 2.79 bits per heavy atom. The van der Waals surface area contributed by atoms with Crippen LogP contribution >= 0.6 is 0 Å². The highest BCUT2D eigenvalue weighted by atomic mass is 19.1. The molecular formula is C27H23FN6. The highest BCUT2D eigenvalue weighted by molar-refractivity contribution is 6.02. The van der Waals surface area contributed by atoms with Gasteiger partial charge in [-0.2, -0.15) is 5.10 Å². The molecule has 6 rings (SSSR count). The SMILES string of the molecule is [C-]#[N+]c1ccc(-c2c(-c3ccc4c(cnn4C)c3)ncc3c2ccn3C[C@H]2CCNC2)cc1F. The van der Waals surface area contributed by atoms with Crippen molar-refractivity contribution >= 4 is 27.5 Å². The molecule has 4 heterocycles. The van der Waals surface area contributed by atoms with Gasteiger partial charge in [-0.1, -0.05) is 18.2 Å².